The second-order valence-corrected chi connectivity index (χ2v) is 9.61. The molecular formula is C28H41FN2. The van der Waals surface area contributed by atoms with Gasteiger partial charge in [-0.05, 0) is 73.4 Å². The Balaban J connectivity index is 0.00000151. The summed E-state index contributed by atoms with van der Waals surface area (Å²) < 4.78 is 14.2. The van der Waals surface area contributed by atoms with Gasteiger partial charge in [0.1, 0.15) is 11.7 Å². The molecule has 0 aliphatic rings. The van der Waals surface area contributed by atoms with Crippen LogP contribution in [0.25, 0.3) is 0 Å². The van der Waals surface area contributed by atoms with E-state index in [9.17, 15) is 4.39 Å². The third-order valence-electron chi connectivity index (χ3n) is 5.56. The first-order valence-electron chi connectivity index (χ1n) is 11.2. The lowest BCUT2D eigenvalue weighted by molar-refractivity contribution is 0.384. The monoisotopic (exact) mass is 424 g/mol. The molecule has 0 aliphatic heterocycles. The van der Waals surface area contributed by atoms with Crippen LogP contribution in [0.4, 0.5) is 10.1 Å². The zero-order valence-corrected chi connectivity index (χ0v) is 20.6. The van der Waals surface area contributed by atoms with Crippen molar-refractivity contribution >= 4 is 11.5 Å². The molecule has 0 radical (unpaired) electrons. The van der Waals surface area contributed by atoms with Crippen LogP contribution in [0.1, 0.15) is 77.5 Å². The maximum Gasteiger partial charge on any atom is 0.126 e. The van der Waals surface area contributed by atoms with Gasteiger partial charge in [-0.2, -0.15) is 0 Å². The Labute approximate surface area is 189 Å². The van der Waals surface area contributed by atoms with Crippen molar-refractivity contribution in [3.8, 4) is 0 Å². The van der Waals surface area contributed by atoms with Crippen molar-refractivity contribution < 1.29 is 4.39 Å². The van der Waals surface area contributed by atoms with Gasteiger partial charge in [0.2, 0.25) is 0 Å². The molecule has 2 nitrogen and oxygen atoms in total. The average Bonchev–Trinajstić information content (AvgIpc) is 2.68. The van der Waals surface area contributed by atoms with Crippen LogP contribution in [0, 0.1) is 18.2 Å². The smallest absolute Gasteiger partial charge is 0.126 e. The minimum Gasteiger partial charge on any atom is -0.387 e. The first-order chi connectivity index (χ1) is 14.5. The van der Waals surface area contributed by atoms with Gasteiger partial charge in [-0.15, -0.1) is 6.58 Å². The fraction of sp³-hybridized carbons (Fsp3) is 0.464. The SMILES string of the molecule is C=CC.CCCC(C)(CCc1ccc(C)cc1F)C(N)=Nc1ccc(C(C)(C)C)cc1. The molecule has 0 bridgehead atoms. The minimum atomic E-state index is -0.255. The lowest BCUT2D eigenvalue weighted by Gasteiger charge is -2.29. The average molecular weight is 425 g/mol. The molecule has 1 unspecified atom stereocenters. The van der Waals surface area contributed by atoms with Crippen LogP contribution in [-0.2, 0) is 11.8 Å². The summed E-state index contributed by atoms with van der Waals surface area (Å²) in [5.41, 5.74) is 10.2. The van der Waals surface area contributed by atoms with Gasteiger partial charge in [0.25, 0.3) is 0 Å². The van der Waals surface area contributed by atoms with E-state index in [-0.39, 0.29) is 16.6 Å². The number of aliphatic imine (C=N–C) groups is 1. The summed E-state index contributed by atoms with van der Waals surface area (Å²) in [6.45, 7) is 18.0. The van der Waals surface area contributed by atoms with E-state index in [2.05, 4.69) is 53.3 Å². The number of rotatable bonds is 7. The largest absolute Gasteiger partial charge is 0.387 e. The standard InChI is InChI=1S/C25H35FN2.C3H6/c1-7-15-25(6,16-14-19-9-8-18(2)17-22(19)26)23(27)28-21-12-10-20(11-13-21)24(3,4)5;1-3-2/h8-13,17H,7,14-16H2,1-6H3,(H2,27,28);3H,1H2,2H3. The van der Waals surface area contributed by atoms with Crippen molar-refractivity contribution in [3.05, 3.63) is 77.6 Å². The highest BCUT2D eigenvalue weighted by atomic mass is 19.1. The van der Waals surface area contributed by atoms with Gasteiger partial charge in [0.05, 0.1) is 5.69 Å². The van der Waals surface area contributed by atoms with Gasteiger partial charge in [-0.25, -0.2) is 9.38 Å². The summed E-state index contributed by atoms with van der Waals surface area (Å²) in [7, 11) is 0. The molecule has 0 saturated carbocycles. The molecule has 0 fully saturated rings. The predicted molar refractivity (Wildman–Crippen MR) is 135 cm³/mol. The number of amidine groups is 1. The molecule has 1 atom stereocenters. The molecule has 2 rings (SSSR count). The third-order valence-corrected chi connectivity index (χ3v) is 5.56. The molecule has 0 heterocycles. The van der Waals surface area contributed by atoms with E-state index >= 15 is 0 Å². The summed E-state index contributed by atoms with van der Waals surface area (Å²) in [4.78, 5) is 4.72. The Kier molecular flexibility index (Phi) is 10.2. The zero-order valence-electron chi connectivity index (χ0n) is 20.6. The maximum absolute atomic E-state index is 14.2. The zero-order chi connectivity index (χ0) is 23.7. The Bertz CT molecular complexity index is 860. The molecule has 2 aromatic carbocycles. The Morgan fingerprint density at radius 2 is 1.65 bits per heavy atom. The fourth-order valence-electron chi connectivity index (χ4n) is 3.51. The molecule has 0 aliphatic carbocycles. The lowest BCUT2D eigenvalue weighted by Crippen LogP contribution is -2.35. The van der Waals surface area contributed by atoms with Crippen LogP contribution >= 0.6 is 0 Å². The number of hydrogen-bond donors (Lipinski definition) is 1. The molecule has 3 heteroatoms. The second-order valence-electron chi connectivity index (χ2n) is 9.61. The van der Waals surface area contributed by atoms with E-state index < -0.39 is 0 Å². The second kappa shape index (κ2) is 11.8. The molecule has 2 N–H and O–H groups in total. The van der Waals surface area contributed by atoms with Gasteiger partial charge in [0.15, 0.2) is 0 Å². The van der Waals surface area contributed by atoms with E-state index in [1.807, 2.05) is 38.1 Å². The topological polar surface area (TPSA) is 38.4 Å². The van der Waals surface area contributed by atoms with E-state index in [1.54, 1.807) is 12.1 Å². The van der Waals surface area contributed by atoms with Gasteiger partial charge in [0, 0.05) is 5.41 Å². The van der Waals surface area contributed by atoms with Gasteiger partial charge in [-0.3, -0.25) is 0 Å². The number of allylic oxidation sites excluding steroid dienone is 1. The van der Waals surface area contributed by atoms with Crippen LogP contribution in [0.2, 0.25) is 0 Å². The molecule has 0 amide bonds. The van der Waals surface area contributed by atoms with Gasteiger partial charge < -0.3 is 5.73 Å². The van der Waals surface area contributed by atoms with Crippen molar-refractivity contribution in [3.63, 3.8) is 0 Å². The first kappa shape index (κ1) is 26.6. The molecular weight excluding hydrogens is 383 g/mol. The number of nitrogens with zero attached hydrogens (tertiary/aromatic N) is 1. The summed E-state index contributed by atoms with van der Waals surface area (Å²) in [6, 6.07) is 13.7. The van der Waals surface area contributed by atoms with Crippen molar-refractivity contribution in [2.45, 2.75) is 79.6 Å². The highest BCUT2D eigenvalue weighted by Gasteiger charge is 2.28. The van der Waals surface area contributed by atoms with Crippen molar-refractivity contribution in [2.75, 3.05) is 0 Å². The summed E-state index contributed by atoms with van der Waals surface area (Å²) in [5.74, 6) is 0.498. The number of halogens is 1. The molecule has 2 aromatic rings. The van der Waals surface area contributed by atoms with Crippen LogP contribution in [0.15, 0.2) is 60.1 Å². The van der Waals surface area contributed by atoms with Crippen LogP contribution in [0.3, 0.4) is 0 Å². The molecule has 0 aromatic heterocycles. The van der Waals surface area contributed by atoms with E-state index in [1.165, 1.54) is 5.56 Å². The molecule has 0 saturated heterocycles. The van der Waals surface area contributed by atoms with Gasteiger partial charge >= 0.3 is 0 Å². The van der Waals surface area contributed by atoms with Crippen LogP contribution in [0.5, 0.6) is 0 Å². The Morgan fingerprint density at radius 1 is 1.06 bits per heavy atom. The van der Waals surface area contributed by atoms with Crippen LogP contribution < -0.4 is 5.73 Å². The highest BCUT2D eigenvalue weighted by Crippen LogP contribution is 2.32. The summed E-state index contributed by atoms with van der Waals surface area (Å²) >= 11 is 0. The Hall–Kier alpha value is -2.42. The van der Waals surface area contributed by atoms with E-state index in [4.69, 9.17) is 10.7 Å². The van der Waals surface area contributed by atoms with Crippen molar-refractivity contribution in [2.24, 2.45) is 16.1 Å². The number of benzene rings is 2. The van der Waals surface area contributed by atoms with Crippen LogP contribution in [-0.4, -0.2) is 5.84 Å². The number of nitrogens with two attached hydrogens (primary N) is 1. The normalized spacial score (nSPS) is 13.7. The Morgan fingerprint density at radius 3 is 2.13 bits per heavy atom. The third kappa shape index (κ3) is 8.32. The lowest BCUT2D eigenvalue weighted by atomic mass is 9.79. The first-order valence-corrected chi connectivity index (χ1v) is 11.2. The fourth-order valence-corrected chi connectivity index (χ4v) is 3.51. The van der Waals surface area contributed by atoms with E-state index in [0.29, 0.717) is 12.3 Å². The quantitative estimate of drug-likeness (QED) is 0.272. The van der Waals surface area contributed by atoms with Gasteiger partial charge in [-0.1, -0.05) is 71.4 Å². The van der Waals surface area contributed by atoms with Crippen molar-refractivity contribution in [1.82, 2.24) is 0 Å². The molecule has 0 spiro atoms. The molecule has 170 valence electrons. The number of hydrogen-bond acceptors (Lipinski definition) is 1. The van der Waals surface area contributed by atoms with Crippen molar-refractivity contribution in [1.29, 1.82) is 0 Å². The maximum atomic E-state index is 14.2. The predicted octanol–water partition coefficient (Wildman–Crippen LogP) is 8.05. The minimum absolute atomic E-state index is 0.114. The van der Waals surface area contributed by atoms with E-state index in [0.717, 1.165) is 36.1 Å². The number of aryl methyl sites for hydroxylation is 2. The summed E-state index contributed by atoms with van der Waals surface area (Å²) in [6.07, 6.45) is 5.11. The summed E-state index contributed by atoms with van der Waals surface area (Å²) in [5, 5.41) is 0. The molecule has 31 heavy (non-hydrogen) atoms. The highest BCUT2D eigenvalue weighted by molar-refractivity contribution is 5.88.